The summed E-state index contributed by atoms with van der Waals surface area (Å²) in [6, 6.07) is 4.84. The van der Waals surface area contributed by atoms with Gasteiger partial charge in [0.05, 0.1) is 23.7 Å². The van der Waals surface area contributed by atoms with Crippen LogP contribution in [-0.2, 0) is 17.4 Å². The average molecular weight is 303 g/mol. The number of aliphatic carboxylic acids is 1. The van der Waals surface area contributed by atoms with Crippen molar-refractivity contribution >= 4 is 23.3 Å². The van der Waals surface area contributed by atoms with E-state index in [1.54, 1.807) is 0 Å². The highest BCUT2D eigenvalue weighted by molar-refractivity contribution is 7.78. The molecular weight excluding hydrogens is 291 g/mol. The highest BCUT2D eigenvalue weighted by Gasteiger charge is 2.30. The van der Waals surface area contributed by atoms with Gasteiger partial charge >= 0.3 is 12.1 Å². The van der Waals surface area contributed by atoms with Crippen LogP contribution in [0.3, 0.4) is 0 Å². The minimum absolute atomic E-state index is 0.131. The minimum atomic E-state index is -4.41. The normalized spacial score (nSPS) is 12.6. The molecule has 0 radical (unpaired) electrons. The Morgan fingerprint density at radius 2 is 2.15 bits per heavy atom. The molecule has 0 aliphatic heterocycles. The van der Waals surface area contributed by atoms with Crippen LogP contribution in [0.5, 0.6) is 0 Å². The number of carboxylic acid groups (broad SMARTS) is 1. The second-order valence-corrected chi connectivity index (χ2v) is 4.48. The minimum Gasteiger partial charge on any atom is -0.481 e. The number of benzene rings is 1. The molecule has 1 rings (SSSR count). The first-order valence-electron chi connectivity index (χ1n) is 5.74. The topological polar surface area (TPSA) is 49.7 Å². The van der Waals surface area contributed by atoms with E-state index in [-0.39, 0.29) is 19.4 Å². The number of isothiocyanates is 1. The average Bonchev–Trinajstić information content (AvgIpc) is 2.34. The van der Waals surface area contributed by atoms with Gasteiger partial charge in [-0.1, -0.05) is 18.2 Å². The van der Waals surface area contributed by atoms with Crippen LogP contribution in [0.1, 0.15) is 17.5 Å². The van der Waals surface area contributed by atoms with E-state index < -0.39 is 23.6 Å². The van der Waals surface area contributed by atoms with Gasteiger partial charge in [-0.15, -0.1) is 0 Å². The summed E-state index contributed by atoms with van der Waals surface area (Å²) < 4.78 is 37.7. The lowest BCUT2D eigenvalue weighted by Crippen LogP contribution is -2.14. The molecule has 0 aromatic heterocycles. The number of rotatable bonds is 6. The van der Waals surface area contributed by atoms with E-state index in [1.807, 2.05) is 0 Å². The van der Waals surface area contributed by atoms with E-state index in [2.05, 4.69) is 22.4 Å². The van der Waals surface area contributed by atoms with E-state index in [0.717, 1.165) is 12.1 Å². The van der Waals surface area contributed by atoms with E-state index in [0.29, 0.717) is 5.56 Å². The number of aliphatic imine (C=N–C) groups is 1. The van der Waals surface area contributed by atoms with E-state index >= 15 is 0 Å². The number of halogens is 3. The van der Waals surface area contributed by atoms with Gasteiger partial charge in [0.15, 0.2) is 0 Å². The second-order valence-electron chi connectivity index (χ2n) is 4.30. The third-order valence-corrected chi connectivity index (χ3v) is 2.79. The van der Waals surface area contributed by atoms with Crippen molar-refractivity contribution in [1.29, 1.82) is 0 Å². The Balaban J connectivity index is 2.87. The summed E-state index contributed by atoms with van der Waals surface area (Å²) in [6.45, 7) is 0.131. The van der Waals surface area contributed by atoms with Crippen LogP contribution < -0.4 is 0 Å². The molecule has 20 heavy (non-hydrogen) atoms. The first kappa shape index (κ1) is 16.3. The maximum atomic E-state index is 12.6. The molecule has 0 saturated carbocycles. The number of nitrogens with zero attached hydrogens (tertiary/aromatic N) is 1. The molecule has 1 atom stereocenters. The monoisotopic (exact) mass is 303 g/mol. The molecule has 0 aliphatic carbocycles. The summed E-state index contributed by atoms with van der Waals surface area (Å²) in [5.41, 5.74) is -0.326. The van der Waals surface area contributed by atoms with Gasteiger partial charge in [-0.2, -0.15) is 13.2 Å². The zero-order chi connectivity index (χ0) is 15.2. The third-order valence-electron chi connectivity index (χ3n) is 2.66. The fourth-order valence-corrected chi connectivity index (χ4v) is 1.90. The van der Waals surface area contributed by atoms with Gasteiger partial charge in [0.25, 0.3) is 0 Å². The van der Waals surface area contributed by atoms with Gasteiger partial charge in [-0.3, -0.25) is 4.79 Å². The molecule has 0 fully saturated rings. The predicted molar refractivity (Wildman–Crippen MR) is 70.8 cm³/mol. The van der Waals surface area contributed by atoms with Crippen LogP contribution in [0.15, 0.2) is 29.3 Å². The molecule has 1 aromatic carbocycles. The van der Waals surface area contributed by atoms with Crippen LogP contribution in [0.4, 0.5) is 13.2 Å². The fraction of sp³-hybridized carbons (Fsp3) is 0.385. The number of hydrogen-bond acceptors (Lipinski definition) is 3. The molecule has 1 aromatic rings. The van der Waals surface area contributed by atoms with Crippen molar-refractivity contribution in [3.8, 4) is 0 Å². The Labute approximate surface area is 119 Å². The molecule has 0 amide bonds. The standard InChI is InChI=1S/C13H12F3NO2S/c14-13(15,16)11-3-1-2-9(5-11)4-10(6-12(18)19)7-17-8-20/h1-3,5,10H,4,6-7H2,(H,18,19). The zero-order valence-corrected chi connectivity index (χ0v) is 11.2. The summed E-state index contributed by atoms with van der Waals surface area (Å²) in [5.74, 6) is -1.44. The van der Waals surface area contributed by atoms with Gasteiger partial charge in [0.2, 0.25) is 0 Å². The van der Waals surface area contributed by atoms with Crippen molar-refractivity contribution in [3.63, 3.8) is 0 Å². The van der Waals surface area contributed by atoms with Crippen LogP contribution in [0.25, 0.3) is 0 Å². The number of carbonyl (C=O) groups is 1. The molecule has 0 bridgehead atoms. The van der Waals surface area contributed by atoms with Crippen molar-refractivity contribution < 1.29 is 23.1 Å². The number of alkyl halides is 3. The van der Waals surface area contributed by atoms with Gasteiger partial charge < -0.3 is 5.11 Å². The molecule has 0 spiro atoms. The van der Waals surface area contributed by atoms with Gasteiger partial charge in [-0.05, 0) is 36.2 Å². The van der Waals surface area contributed by atoms with Gasteiger partial charge in [0.1, 0.15) is 0 Å². The quantitative estimate of drug-likeness (QED) is 0.647. The molecule has 3 nitrogen and oxygen atoms in total. The molecule has 0 saturated heterocycles. The van der Waals surface area contributed by atoms with Crippen molar-refractivity contribution in [3.05, 3.63) is 35.4 Å². The first-order chi connectivity index (χ1) is 9.32. The molecule has 108 valence electrons. The first-order valence-corrected chi connectivity index (χ1v) is 6.15. The van der Waals surface area contributed by atoms with Crippen molar-refractivity contribution in [2.24, 2.45) is 10.9 Å². The molecule has 0 heterocycles. The molecule has 0 aliphatic rings. The lowest BCUT2D eigenvalue weighted by Gasteiger charge is -2.13. The van der Waals surface area contributed by atoms with E-state index in [4.69, 9.17) is 5.11 Å². The summed E-state index contributed by atoms with van der Waals surface area (Å²) >= 11 is 4.41. The van der Waals surface area contributed by atoms with Crippen LogP contribution in [0, 0.1) is 5.92 Å². The second kappa shape index (κ2) is 7.17. The molecule has 1 unspecified atom stereocenters. The predicted octanol–water partition coefficient (Wildman–Crippen LogP) is 3.44. The third kappa shape index (κ3) is 5.50. The summed E-state index contributed by atoms with van der Waals surface area (Å²) in [4.78, 5) is 14.4. The Hall–Kier alpha value is -1.72. The van der Waals surface area contributed by atoms with Crippen LogP contribution >= 0.6 is 12.2 Å². The number of hydrogen-bond donors (Lipinski definition) is 1. The van der Waals surface area contributed by atoms with Crippen LogP contribution in [-0.4, -0.2) is 22.8 Å². The van der Waals surface area contributed by atoms with Gasteiger partial charge in [-0.25, -0.2) is 4.99 Å². The smallest absolute Gasteiger partial charge is 0.416 e. The largest absolute Gasteiger partial charge is 0.481 e. The summed E-state index contributed by atoms with van der Waals surface area (Å²) in [5, 5.41) is 10.9. The highest BCUT2D eigenvalue weighted by Crippen LogP contribution is 2.30. The summed E-state index contributed by atoms with van der Waals surface area (Å²) in [6.07, 6.45) is -4.40. The van der Waals surface area contributed by atoms with Crippen molar-refractivity contribution in [1.82, 2.24) is 0 Å². The lowest BCUT2D eigenvalue weighted by atomic mass is 9.95. The Kier molecular flexibility index (Phi) is 5.85. The summed E-state index contributed by atoms with van der Waals surface area (Å²) in [7, 11) is 0. The van der Waals surface area contributed by atoms with E-state index in [9.17, 15) is 18.0 Å². The zero-order valence-electron chi connectivity index (χ0n) is 10.4. The maximum Gasteiger partial charge on any atom is 0.416 e. The highest BCUT2D eigenvalue weighted by atomic mass is 32.1. The number of thiocarbonyl (C=S) groups is 1. The Morgan fingerprint density at radius 1 is 1.45 bits per heavy atom. The Bertz CT molecular complexity index is 521. The Morgan fingerprint density at radius 3 is 2.70 bits per heavy atom. The lowest BCUT2D eigenvalue weighted by molar-refractivity contribution is -0.139. The fourth-order valence-electron chi connectivity index (χ4n) is 1.82. The van der Waals surface area contributed by atoms with Gasteiger partial charge in [0, 0.05) is 0 Å². The maximum absolute atomic E-state index is 12.6. The van der Waals surface area contributed by atoms with Crippen molar-refractivity contribution in [2.75, 3.05) is 6.54 Å². The number of carboxylic acids is 1. The SMILES string of the molecule is O=C(O)CC(CN=C=S)Cc1cccc(C(F)(F)F)c1. The van der Waals surface area contributed by atoms with Crippen LogP contribution in [0.2, 0.25) is 0 Å². The van der Waals surface area contributed by atoms with E-state index in [1.165, 1.54) is 12.1 Å². The molecule has 1 N–H and O–H groups in total. The molecule has 7 heteroatoms. The van der Waals surface area contributed by atoms with Crippen molar-refractivity contribution in [2.45, 2.75) is 19.0 Å². The molecular formula is C13H12F3NO2S.